The molecular formula is C19H17F3N8O2S. The van der Waals surface area contributed by atoms with Gasteiger partial charge in [-0.25, -0.2) is 24.4 Å². The van der Waals surface area contributed by atoms with Crippen molar-refractivity contribution in [2.45, 2.75) is 26.1 Å². The lowest BCUT2D eigenvalue weighted by molar-refractivity contribution is -0.137. The number of pyridine rings is 2. The van der Waals surface area contributed by atoms with E-state index < -0.39 is 29.7 Å². The van der Waals surface area contributed by atoms with Crippen LogP contribution in [-0.2, 0) is 10.9 Å². The van der Waals surface area contributed by atoms with Crippen LogP contribution < -0.4 is 10.6 Å². The molecule has 4 aromatic heterocycles. The van der Waals surface area contributed by atoms with Gasteiger partial charge in [-0.05, 0) is 19.9 Å². The zero-order valence-electron chi connectivity index (χ0n) is 17.5. The third-order valence-electron chi connectivity index (χ3n) is 4.65. The first-order chi connectivity index (χ1) is 15.7. The second kappa shape index (κ2) is 8.71. The molecule has 0 bridgehead atoms. The minimum atomic E-state index is -4.74. The van der Waals surface area contributed by atoms with Crippen molar-refractivity contribution in [3.63, 3.8) is 0 Å². The average molecular weight is 478 g/mol. The molecule has 4 aromatic rings. The topological polar surface area (TPSA) is 120 Å². The molecule has 0 aliphatic rings. The van der Waals surface area contributed by atoms with Crippen LogP contribution in [0.4, 0.5) is 29.3 Å². The number of halogens is 3. The second-order valence-corrected chi connectivity index (χ2v) is 8.05. The minimum absolute atomic E-state index is 0.163. The number of rotatable bonds is 5. The highest BCUT2D eigenvalue weighted by atomic mass is 32.1. The van der Waals surface area contributed by atoms with Crippen molar-refractivity contribution in [3.05, 3.63) is 47.0 Å². The maximum absolute atomic E-state index is 13.6. The van der Waals surface area contributed by atoms with Crippen LogP contribution in [0.3, 0.4) is 0 Å². The molecule has 4 rings (SSSR count). The fourth-order valence-electron chi connectivity index (χ4n) is 3.15. The molecule has 1 unspecified atom stereocenters. The summed E-state index contributed by atoms with van der Waals surface area (Å²) in [5.41, 5.74) is 0.271. The summed E-state index contributed by atoms with van der Waals surface area (Å²) in [6.07, 6.45) is -0.143. The molecule has 0 saturated carbocycles. The van der Waals surface area contributed by atoms with Crippen molar-refractivity contribution in [1.82, 2.24) is 29.9 Å². The summed E-state index contributed by atoms with van der Waals surface area (Å²) < 4.78 is 47.0. The monoisotopic (exact) mass is 478 g/mol. The Morgan fingerprint density at radius 3 is 2.70 bits per heavy atom. The first kappa shape index (κ1) is 22.5. The number of methoxy groups -OCH3 is 1. The number of alkyl halides is 3. The van der Waals surface area contributed by atoms with Crippen LogP contribution in [0.25, 0.3) is 16.2 Å². The number of carbonyl (C=O) groups is 1. The van der Waals surface area contributed by atoms with E-state index in [2.05, 4.69) is 35.9 Å². The number of amides is 2. The smallest absolute Gasteiger partial charge is 0.377 e. The molecule has 2 amide bonds. The van der Waals surface area contributed by atoms with Crippen molar-refractivity contribution in [3.8, 4) is 5.82 Å². The SMILES string of the molecule is COC(C)c1c(NC(=O)Nc2cnc(-n3ccnn3)c(C(F)(F)F)c2)cnc2sc(C)nc12. The predicted octanol–water partition coefficient (Wildman–Crippen LogP) is 4.35. The highest BCUT2D eigenvalue weighted by molar-refractivity contribution is 7.18. The zero-order chi connectivity index (χ0) is 23.8. The van der Waals surface area contributed by atoms with Crippen molar-refractivity contribution in [2.75, 3.05) is 17.7 Å². The zero-order valence-corrected chi connectivity index (χ0v) is 18.3. The Balaban J connectivity index is 1.63. The van der Waals surface area contributed by atoms with Gasteiger partial charge in [0, 0.05) is 12.7 Å². The Kier molecular flexibility index (Phi) is 5.95. The summed E-state index contributed by atoms with van der Waals surface area (Å²) in [5.74, 6) is -0.462. The molecule has 33 heavy (non-hydrogen) atoms. The fraction of sp³-hybridized carbons (Fsp3) is 0.263. The van der Waals surface area contributed by atoms with Crippen molar-refractivity contribution in [1.29, 1.82) is 0 Å². The van der Waals surface area contributed by atoms with Crippen molar-refractivity contribution >= 4 is 39.1 Å². The Hall–Kier alpha value is -3.65. The normalized spacial score (nSPS) is 12.7. The quantitative estimate of drug-likeness (QED) is 0.438. The summed E-state index contributed by atoms with van der Waals surface area (Å²) in [7, 11) is 1.51. The molecule has 0 radical (unpaired) electrons. The van der Waals surface area contributed by atoms with Gasteiger partial charge in [-0.2, -0.15) is 13.2 Å². The van der Waals surface area contributed by atoms with Gasteiger partial charge in [-0.15, -0.1) is 5.10 Å². The number of hydrogen-bond acceptors (Lipinski definition) is 8. The molecule has 14 heteroatoms. The van der Waals surface area contributed by atoms with Gasteiger partial charge in [0.05, 0.1) is 47.3 Å². The Morgan fingerprint density at radius 1 is 1.24 bits per heavy atom. The van der Waals surface area contributed by atoms with Crippen LogP contribution in [-0.4, -0.2) is 43.1 Å². The molecule has 0 fully saturated rings. The van der Waals surface area contributed by atoms with E-state index in [0.717, 1.165) is 22.0 Å². The number of anilines is 2. The molecular weight excluding hydrogens is 461 g/mol. The summed E-state index contributed by atoms with van der Waals surface area (Å²) in [6, 6.07) is -0.0101. The third-order valence-corrected chi connectivity index (χ3v) is 5.53. The highest BCUT2D eigenvalue weighted by Crippen LogP contribution is 2.35. The van der Waals surface area contributed by atoms with Gasteiger partial charge in [0.1, 0.15) is 15.9 Å². The van der Waals surface area contributed by atoms with Crippen LogP contribution in [0.15, 0.2) is 30.9 Å². The van der Waals surface area contributed by atoms with Crippen LogP contribution in [0, 0.1) is 6.92 Å². The first-order valence-corrected chi connectivity index (χ1v) is 10.3. The maximum Gasteiger partial charge on any atom is 0.420 e. The van der Waals surface area contributed by atoms with E-state index in [1.165, 1.54) is 37.0 Å². The molecule has 0 saturated heterocycles. The Bertz CT molecular complexity index is 1310. The number of carbonyl (C=O) groups excluding carboxylic acids is 1. The lowest BCUT2D eigenvalue weighted by Crippen LogP contribution is -2.22. The van der Waals surface area contributed by atoms with Crippen LogP contribution >= 0.6 is 11.3 Å². The van der Waals surface area contributed by atoms with Gasteiger partial charge in [0.15, 0.2) is 5.82 Å². The molecule has 172 valence electrons. The predicted molar refractivity (Wildman–Crippen MR) is 114 cm³/mol. The number of aryl methyl sites for hydroxylation is 1. The largest absolute Gasteiger partial charge is 0.420 e. The highest BCUT2D eigenvalue weighted by Gasteiger charge is 2.36. The summed E-state index contributed by atoms with van der Waals surface area (Å²) >= 11 is 1.40. The molecule has 1 atom stereocenters. The fourth-order valence-corrected chi connectivity index (χ4v) is 3.93. The first-order valence-electron chi connectivity index (χ1n) is 9.48. The van der Waals surface area contributed by atoms with E-state index in [1.807, 2.05) is 6.92 Å². The molecule has 2 N–H and O–H groups in total. The summed E-state index contributed by atoms with van der Waals surface area (Å²) in [4.78, 5) is 25.9. The average Bonchev–Trinajstić information content (AvgIpc) is 3.41. The van der Waals surface area contributed by atoms with Gasteiger partial charge < -0.3 is 15.4 Å². The lowest BCUT2D eigenvalue weighted by atomic mass is 10.1. The number of nitrogens with one attached hydrogen (secondary N) is 2. The van der Waals surface area contributed by atoms with E-state index >= 15 is 0 Å². The molecule has 0 aliphatic heterocycles. The molecule has 0 spiro atoms. The van der Waals surface area contributed by atoms with E-state index in [0.29, 0.717) is 21.6 Å². The summed E-state index contributed by atoms with van der Waals surface area (Å²) in [5, 5.41) is 12.8. The van der Waals surface area contributed by atoms with Gasteiger partial charge in [-0.3, -0.25) is 0 Å². The van der Waals surface area contributed by atoms with E-state index in [4.69, 9.17) is 4.74 Å². The number of fused-ring (bicyclic) bond motifs is 1. The Morgan fingerprint density at radius 2 is 2.03 bits per heavy atom. The number of aromatic nitrogens is 6. The van der Waals surface area contributed by atoms with Crippen LogP contribution in [0.5, 0.6) is 0 Å². The van der Waals surface area contributed by atoms with E-state index in [1.54, 1.807) is 6.92 Å². The molecule has 4 heterocycles. The molecule has 0 aromatic carbocycles. The standard InChI is InChI=1S/C19H17F3N8O2S/c1-9(32-3)14-13(8-24-17-15(14)26-10(2)33-17)28-18(31)27-11-6-12(19(20,21)22)16(23-7-11)30-5-4-25-29-30/h4-9H,1-3H3,(H2,27,28,31). The lowest BCUT2D eigenvalue weighted by Gasteiger charge is -2.17. The Labute approximate surface area is 188 Å². The number of ether oxygens (including phenoxy) is 1. The number of thiazole rings is 1. The van der Waals surface area contributed by atoms with Crippen LogP contribution in [0.2, 0.25) is 0 Å². The van der Waals surface area contributed by atoms with Gasteiger partial charge in [0.2, 0.25) is 0 Å². The van der Waals surface area contributed by atoms with Gasteiger partial charge >= 0.3 is 12.2 Å². The van der Waals surface area contributed by atoms with Crippen molar-refractivity contribution < 1.29 is 22.7 Å². The molecule has 10 nitrogen and oxygen atoms in total. The van der Waals surface area contributed by atoms with E-state index in [-0.39, 0.29) is 5.69 Å². The van der Waals surface area contributed by atoms with Crippen LogP contribution in [0.1, 0.15) is 29.2 Å². The molecule has 0 aliphatic carbocycles. The number of hydrogen-bond donors (Lipinski definition) is 2. The van der Waals surface area contributed by atoms with Gasteiger partial charge in [-0.1, -0.05) is 16.6 Å². The minimum Gasteiger partial charge on any atom is -0.377 e. The van der Waals surface area contributed by atoms with Gasteiger partial charge in [0.25, 0.3) is 0 Å². The third kappa shape index (κ3) is 4.61. The number of nitrogens with zero attached hydrogens (tertiary/aromatic N) is 6. The summed E-state index contributed by atoms with van der Waals surface area (Å²) in [6.45, 7) is 3.62. The maximum atomic E-state index is 13.6. The second-order valence-electron chi connectivity index (χ2n) is 6.87. The van der Waals surface area contributed by atoms with Crippen molar-refractivity contribution in [2.24, 2.45) is 0 Å². The van der Waals surface area contributed by atoms with E-state index in [9.17, 15) is 18.0 Å². The number of urea groups is 1.